The Hall–Kier alpha value is -3.65. The van der Waals surface area contributed by atoms with Crippen molar-refractivity contribution < 1.29 is 27.5 Å². The van der Waals surface area contributed by atoms with Gasteiger partial charge >= 0.3 is 12.1 Å². The van der Waals surface area contributed by atoms with Gasteiger partial charge in [0.25, 0.3) is 0 Å². The highest BCUT2D eigenvalue weighted by Crippen LogP contribution is 2.34. The monoisotopic (exact) mass is 537 g/mol. The minimum atomic E-state index is -5.08. The van der Waals surface area contributed by atoms with Crippen molar-refractivity contribution in [3.63, 3.8) is 0 Å². The third-order valence-electron chi connectivity index (χ3n) is 5.79. The first-order valence-electron chi connectivity index (χ1n) is 11.2. The highest BCUT2D eigenvalue weighted by molar-refractivity contribution is 7.99. The Balaban J connectivity index is 0.000000405. The predicted molar refractivity (Wildman–Crippen MR) is 130 cm³/mol. The fraction of sp³-hybridized carbons (Fsp3) is 0.304. The van der Waals surface area contributed by atoms with Gasteiger partial charge in [-0.3, -0.25) is 4.98 Å². The smallest absolute Gasteiger partial charge is 0.475 e. The summed E-state index contributed by atoms with van der Waals surface area (Å²) in [6.07, 6.45) is -0.554. The van der Waals surface area contributed by atoms with Gasteiger partial charge in [-0.1, -0.05) is 11.8 Å². The number of halogens is 4. The largest absolute Gasteiger partial charge is 0.490 e. The van der Waals surface area contributed by atoms with E-state index >= 15 is 0 Å². The number of hydrogen-bond acceptors (Lipinski definition) is 9. The maximum Gasteiger partial charge on any atom is 0.490 e. The fourth-order valence-corrected chi connectivity index (χ4v) is 4.94. The summed E-state index contributed by atoms with van der Waals surface area (Å²) in [4.78, 5) is 25.4. The first-order valence-corrected chi connectivity index (χ1v) is 12.0. The summed E-state index contributed by atoms with van der Waals surface area (Å²) in [5, 5.41) is 13.7. The molecular formula is C23H23F4N7O2S. The van der Waals surface area contributed by atoms with E-state index in [1.54, 1.807) is 18.5 Å². The molecule has 0 bridgehead atoms. The van der Waals surface area contributed by atoms with E-state index in [0.29, 0.717) is 28.4 Å². The van der Waals surface area contributed by atoms with Gasteiger partial charge in [0, 0.05) is 59.6 Å². The molecule has 3 aromatic rings. The molecule has 1 aromatic carbocycles. The van der Waals surface area contributed by atoms with Gasteiger partial charge in [-0.05, 0) is 42.7 Å². The van der Waals surface area contributed by atoms with Gasteiger partial charge in [0.1, 0.15) is 17.5 Å². The summed E-state index contributed by atoms with van der Waals surface area (Å²) in [6, 6.07) is 11.1. The third-order valence-corrected chi connectivity index (χ3v) is 6.85. The molecule has 2 unspecified atom stereocenters. The second kappa shape index (κ2) is 11.2. The molecule has 0 amide bonds. The van der Waals surface area contributed by atoms with Gasteiger partial charge in [-0.2, -0.15) is 23.1 Å². The Kier molecular flexibility index (Phi) is 7.97. The zero-order chi connectivity index (χ0) is 26.6. The predicted octanol–water partition coefficient (Wildman–Crippen LogP) is 3.92. The zero-order valence-corrected chi connectivity index (χ0v) is 20.1. The quantitative estimate of drug-likeness (QED) is 0.356. The Morgan fingerprint density at radius 2 is 1.89 bits per heavy atom. The lowest BCUT2D eigenvalue weighted by Gasteiger charge is -2.25. The molecule has 4 heterocycles. The average Bonchev–Trinajstić information content (AvgIpc) is 3.45. The number of nitrogens with two attached hydrogens (primary N) is 1. The first kappa shape index (κ1) is 26.4. The second-order valence-corrected chi connectivity index (χ2v) is 9.41. The molecule has 5 N–H and O–H groups in total. The van der Waals surface area contributed by atoms with Gasteiger partial charge in [0.2, 0.25) is 5.95 Å². The summed E-state index contributed by atoms with van der Waals surface area (Å²) in [7, 11) is 0. The van der Waals surface area contributed by atoms with Gasteiger partial charge in [0.15, 0.2) is 0 Å². The number of aromatic nitrogens is 3. The van der Waals surface area contributed by atoms with Crippen molar-refractivity contribution >= 4 is 41.0 Å². The Labute approximate surface area is 213 Å². The van der Waals surface area contributed by atoms with Crippen LogP contribution in [0.2, 0.25) is 0 Å². The summed E-state index contributed by atoms with van der Waals surface area (Å²) in [5.74, 6) is -0.838. The summed E-state index contributed by atoms with van der Waals surface area (Å²) in [6.45, 7) is 2.97. The number of carbonyl (C=O) groups is 1. The molecule has 196 valence electrons. The van der Waals surface area contributed by atoms with Crippen molar-refractivity contribution in [2.24, 2.45) is 5.92 Å². The normalized spacial score (nSPS) is 18.6. The van der Waals surface area contributed by atoms with Crippen LogP contribution in [0.15, 0.2) is 58.6 Å². The van der Waals surface area contributed by atoms with E-state index in [2.05, 4.69) is 30.5 Å². The molecule has 2 fully saturated rings. The van der Waals surface area contributed by atoms with Crippen LogP contribution in [-0.2, 0) is 4.79 Å². The summed E-state index contributed by atoms with van der Waals surface area (Å²) >= 11 is 1.36. The van der Waals surface area contributed by atoms with Crippen LogP contribution in [0, 0.1) is 11.7 Å². The molecule has 0 spiro atoms. The molecule has 0 radical (unpaired) electrons. The third kappa shape index (κ3) is 6.77. The molecule has 0 aliphatic carbocycles. The number of carboxylic acid groups (broad SMARTS) is 1. The Bertz CT molecular complexity index is 1250. The van der Waals surface area contributed by atoms with Gasteiger partial charge < -0.3 is 26.4 Å². The van der Waals surface area contributed by atoms with Crippen LogP contribution in [0.3, 0.4) is 0 Å². The van der Waals surface area contributed by atoms with Gasteiger partial charge in [-0.25, -0.2) is 9.18 Å². The van der Waals surface area contributed by atoms with Crippen LogP contribution >= 0.6 is 11.8 Å². The van der Waals surface area contributed by atoms with Crippen molar-refractivity contribution in [2.75, 3.05) is 35.6 Å². The highest BCUT2D eigenvalue weighted by atomic mass is 32.2. The number of pyridine rings is 1. The first-order chi connectivity index (χ1) is 17.6. The Morgan fingerprint density at radius 3 is 2.57 bits per heavy atom. The van der Waals surface area contributed by atoms with Crippen LogP contribution in [0.25, 0.3) is 0 Å². The van der Waals surface area contributed by atoms with E-state index in [9.17, 15) is 17.6 Å². The number of rotatable bonds is 5. The van der Waals surface area contributed by atoms with Crippen molar-refractivity contribution in [2.45, 2.75) is 28.4 Å². The number of fused-ring (bicyclic) bond motifs is 1. The topological polar surface area (TPSA) is 129 Å². The standard InChI is InChI=1S/C21H22FN7S.C2HF3O2/c22-16-9-14(1-2-18(16)30-15-3-6-24-7-4-15)26-19-10-20(28-21(23)27-19)29-8-5-13-11-25-12-17(13)29;3-2(4,5)1(6)7/h1-4,6-7,9-10,13,17,25H,5,8,11-12H2,(H3,23,26,27,28);(H,6,7). The lowest BCUT2D eigenvalue weighted by atomic mass is 10.1. The second-order valence-electron chi connectivity index (χ2n) is 8.30. The Morgan fingerprint density at radius 1 is 1.16 bits per heavy atom. The lowest BCUT2D eigenvalue weighted by molar-refractivity contribution is -0.192. The number of anilines is 4. The van der Waals surface area contributed by atoms with Crippen LogP contribution in [-0.4, -0.2) is 57.9 Å². The number of benzene rings is 1. The van der Waals surface area contributed by atoms with Crippen LogP contribution < -0.4 is 21.3 Å². The van der Waals surface area contributed by atoms with Crippen molar-refractivity contribution in [1.29, 1.82) is 0 Å². The number of aliphatic carboxylic acids is 1. The number of nitrogens with one attached hydrogen (secondary N) is 2. The van der Waals surface area contributed by atoms with Gasteiger partial charge in [-0.15, -0.1) is 0 Å². The molecular weight excluding hydrogens is 514 g/mol. The number of hydrogen-bond donors (Lipinski definition) is 4. The number of carboxylic acids is 1. The minimum Gasteiger partial charge on any atom is -0.475 e. The molecule has 2 aliphatic rings. The van der Waals surface area contributed by atoms with Gasteiger partial charge in [0.05, 0.1) is 0 Å². The number of alkyl halides is 3. The van der Waals surface area contributed by atoms with E-state index < -0.39 is 12.1 Å². The molecule has 2 saturated heterocycles. The van der Waals surface area contributed by atoms with E-state index in [1.807, 2.05) is 24.3 Å². The fourth-order valence-electron chi connectivity index (χ4n) is 4.14. The van der Waals surface area contributed by atoms with Crippen molar-refractivity contribution in [1.82, 2.24) is 20.3 Å². The SMILES string of the molecule is Nc1nc(Nc2ccc(Sc3ccncc3)c(F)c2)cc(N2CCC3CNCC32)n1.O=C(O)C(F)(F)F. The average molecular weight is 538 g/mol. The van der Waals surface area contributed by atoms with E-state index in [4.69, 9.17) is 15.6 Å². The van der Waals surface area contributed by atoms with E-state index in [1.165, 1.54) is 17.8 Å². The van der Waals surface area contributed by atoms with E-state index in [-0.39, 0.29) is 11.8 Å². The molecule has 2 aliphatic heterocycles. The minimum absolute atomic E-state index is 0.203. The highest BCUT2D eigenvalue weighted by Gasteiger charge is 2.39. The molecule has 37 heavy (non-hydrogen) atoms. The maximum atomic E-state index is 14.6. The van der Waals surface area contributed by atoms with Crippen LogP contribution in [0.5, 0.6) is 0 Å². The molecule has 2 atom stereocenters. The summed E-state index contributed by atoms with van der Waals surface area (Å²) in [5.41, 5.74) is 6.58. The van der Waals surface area contributed by atoms with Crippen molar-refractivity contribution in [3.8, 4) is 0 Å². The molecule has 5 rings (SSSR count). The molecule has 14 heteroatoms. The molecule has 0 saturated carbocycles. The van der Waals surface area contributed by atoms with Crippen LogP contribution in [0.1, 0.15) is 6.42 Å². The molecule has 2 aromatic heterocycles. The zero-order valence-electron chi connectivity index (χ0n) is 19.2. The number of nitrogen functional groups attached to an aromatic ring is 1. The summed E-state index contributed by atoms with van der Waals surface area (Å²) < 4.78 is 46.4. The number of nitrogens with zero attached hydrogens (tertiary/aromatic N) is 4. The van der Waals surface area contributed by atoms with E-state index in [0.717, 1.165) is 36.8 Å². The lowest BCUT2D eigenvalue weighted by Crippen LogP contribution is -2.34. The van der Waals surface area contributed by atoms with Crippen molar-refractivity contribution in [3.05, 3.63) is 54.6 Å². The molecule has 9 nitrogen and oxygen atoms in total. The maximum absolute atomic E-state index is 14.6. The van der Waals surface area contributed by atoms with Crippen LogP contribution in [0.4, 0.5) is 40.8 Å².